The molecule has 0 aliphatic rings. The van der Waals surface area contributed by atoms with Crippen molar-refractivity contribution in [3.05, 3.63) is 0 Å². The molecule has 0 aromatic rings. The zero-order valence-corrected chi connectivity index (χ0v) is 4.76. The molecule has 4 heteroatoms. The third kappa shape index (κ3) is 2.87. The highest BCUT2D eigenvalue weighted by Gasteiger charge is 2.23. The molecule has 0 saturated carbocycles. The Hall–Kier alpha value is 0.230. The molecule has 0 rings (SSSR count). The first-order valence-electron chi connectivity index (χ1n) is 1.80. The van der Waals surface area contributed by atoms with Crippen molar-refractivity contribution in [2.45, 2.75) is 18.1 Å². The van der Waals surface area contributed by atoms with Gasteiger partial charge in [-0.25, -0.2) is 0 Å². The second-order valence-corrected chi connectivity index (χ2v) is 2.14. The predicted octanol–water partition coefficient (Wildman–Crippen LogP) is -1.06. The summed E-state index contributed by atoms with van der Waals surface area (Å²) < 4.78 is 0. The van der Waals surface area contributed by atoms with Gasteiger partial charge < -0.3 is 15.3 Å². The second kappa shape index (κ2) is 2.00. The van der Waals surface area contributed by atoms with Crippen molar-refractivity contribution in [2.75, 3.05) is 0 Å². The molecule has 0 aromatic carbocycles. The lowest BCUT2D eigenvalue weighted by Crippen LogP contribution is -2.36. The van der Waals surface area contributed by atoms with E-state index in [4.69, 9.17) is 15.3 Å². The summed E-state index contributed by atoms with van der Waals surface area (Å²) in [7, 11) is 0. The Morgan fingerprint density at radius 3 is 1.57 bits per heavy atom. The van der Waals surface area contributed by atoms with Crippen molar-refractivity contribution in [3.8, 4) is 0 Å². The van der Waals surface area contributed by atoms with Crippen LogP contribution in [0.4, 0.5) is 0 Å². The van der Waals surface area contributed by atoms with Gasteiger partial charge in [-0.1, -0.05) is 0 Å². The fourth-order valence-corrected chi connectivity index (χ4v) is 0. The van der Waals surface area contributed by atoms with E-state index in [1.165, 1.54) is 6.92 Å². The maximum Gasteiger partial charge on any atom is 0.287 e. The summed E-state index contributed by atoms with van der Waals surface area (Å²) in [6, 6.07) is 0. The van der Waals surface area contributed by atoms with E-state index in [0.717, 1.165) is 0 Å². The van der Waals surface area contributed by atoms with Crippen molar-refractivity contribution in [3.63, 3.8) is 0 Å². The van der Waals surface area contributed by atoms with Gasteiger partial charge in [-0.3, -0.25) is 0 Å². The van der Waals surface area contributed by atoms with E-state index < -0.39 is 11.2 Å². The first-order valence-corrected chi connectivity index (χ1v) is 2.31. The van der Waals surface area contributed by atoms with Gasteiger partial charge in [0.25, 0.3) is 5.97 Å². The second-order valence-electron chi connectivity index (χ2n) is 1.36. The molecule has 0 radical (unpaired) electrons. The molecule has 7 heavy (non-hydrogen) atoms. The SMILES string of the molecule is CC(S)C(O)(O)O. The van der Waals surface area contributed by atoms with Crippen LogP contribution in [0.15, 0.2) is 0 Å². The van der Waals surface area contributed by atoms with Crippen LogP contribution < -0.4 is 0 Å². The molecule has 3 N–H and O–H groups in total. The molecule has 0 aliphatic heterocycles. The molecule has 0 aliphatic carbocycles. The van der Waals surface area contributed by atoms with E-state index in [1.807, 2.05) is 0 Å². The van der Waals surface area contributed by atoms with Crippen LogP contribution in [-0.2, 0) is 0 Å². The Morgan fingerprint density at radius 2 is 1.57 bits per heavy atom. The monoisotopic (exact) mass is 124 g/mol. The standard InChI is InChI=1S/C3H8O3S/c1-2(7)3(4,5)6/h2,4-7H,1H3. The minimum atomic E-state index is -2.64. The van der Waals surface area contributed by atoms with Gasteiger partial charge in [-0.15, -0.1) is 0 Å². The Labute approximate surface area is 47.0 Å². The molecule has 0 saturated heterocycles. The quantitative estimate of drug-likeness (QED) is 0.266. The van der Waals surface area contributed by atoms with Gasteiger partial charge in [-0.2, -0.15) is 12.6 Å². The Kier molecular flexibility index (Phi) is 2.07. The minimum absolute atomic E-state index is 0.840. The first-order chi connectivity index (χ1) is 2.94. The Bertz CT molecular complexity index is 55.7. The summed E-state index contributed by atoms with van der Waals surface area (Å²) in [5, 5.41) is 23.5. The molecule has 0 bridgehead atoms. The van der Waals surface area contributed by atoms with E-state index in [1.54, 1.807) is 0 Å². The lowest BCUT2D eigenvalue weighted by molar-refractivity contribution is -0.307. The lowest BCUT2D eigenvalue weighted by atomic mass is 10.4. The zero-order valence-electron chi connectivity index (χ0n) is 3.87. The van der Waals surface area contributed by atoms with Gasteiger partial charge in [0.05, 0.1) is 5.25 Å². The molecular formula is C3H8O3S. The van der Waals surface area contributed by atoms with Crippen LogP contribution in [0.5, 0.6) is 0 Å². The van der Waals surface area contributed by atoms with Gasteiger partial charge in [0.2, 0.25) is 0 Å². The van der Waals surface area contributed by atoms with Crippen LogP contribution in [0.3, 0.4) is 0 Å². The average Bonchev–Trinajstić information content (AvgIpc) is 1.31. The number of thiol groups is 1. The molecule has 44 valence electrons. The molecule has 0 spiro atoms. The summed E-state index contributed by atoms with van der Waals surface area (Å²) in [5.41, 5.74) is 0. The maximum atomic E-state index is 8.13. The molecule has 0 heterocycles. The smallest absolute Gasteiger partial charge is 0.287 e. The zero-order chi connectivity index (χ0) is 6.08. The van der Waals surface area contributed by atoms with E-state index >= 15 is 0 Å². The van der Waals surface area contributed by atoms with Crippen molar-refractivity contribution in [2.24, 2.45) is 0 Å². The number of hydrogen-bond acceptors (Lipinski definition) is 4. The molecule has 1 unspecified atom stereocenters. The largest absolute Gasteiger partial charge is 0.343 e. The van der Waals surface area contributed by atoms with Gasteiger partial charge in [0, 0.05) is 0 Å². The molecule has 1 atom stereocenters. The highest BCUT2D eigenvalue weighted by molar-refractivity contribution is 7.81. The first kappa shape index (κ1) is 7.23. The summed E-state index contributed by atoms with van der Waals surface area (Å²) in [5.74, 6) is -2.64. The van der Waals surface area contributed by atoms with Gasteiger partial charge in [-0.05, 0) is 6.92 Å². The van der Waals surface area contributed by atoms with E-state index in [2.05, 4.69) is 12.6 Å². The third-order valence-corrected chi connectivity index (χ3v) is 0.907. The topological polar surface area (TPSA) is 60.7 Å². The highest BCUT2D eigenvalue weighted by Crippen LogP contribution is 2.06. The number of hydrogen-bond donors (Lipinski definition) is 4. The van der Waals surface area contributed by atoms with Crippen LogP contribution in [0.25, 0.3) is 0 Å². The van der Waals surface area contributed by atoms with Crippen LogP contribution in [0, 0.1) is 0 Å². The number of aliphatic hydroxyl groups is 3. The Balaban J connectivity index is 3.54. The fraction of sp³-hybridized carbons (Fsp3) is 1.00. The summed E-state index contributed by atoms with van der Waals surface area (Å²) >= 11 is 3.53. The van der Waals surface area contributed by atoms with Crippen molar-refractivity contribution >= 4 is 12.6 Å². The van der Waals surface area contributed by atoms with E-state index in [-0.39, 0.29) is 0 Å². The lowest BCUT2D eigenvalue weighted by Gasteiger charge is -2.16. The van der Waals surface area contributed by atoms with Crippen LogP contribution in [0.2, 0.25) is 0 Å². The van der Waals surface area contributed by atoms with Crippen molar-refractivity contribution < 1.29 is 15.3 Å². The molecule has 3 nitrogen and oxygen atoms in total. The van der Waals surface area contributed by atoms with Gasteiger partial charge in [0.15, 0.2) is 0 Å². The summed E-state index contributed by atoms with van der Waals surface area (Å²) in [6.45, 7) is 1.36. The normalized spacial score (nSPS) is 16.7. The van der Waals surface area contributed by atoms with E-state index in [0.29, 0.717) is 0 Å². The van der Waals surface area contributed by atoms with Crippen molar-refractivity contribution in [1.29, 1.82) is 0 Å². The molecular weight excluding hydrogens is 116 g/mol. The predicted molar refractivity (Wildman–Crippen MR) is 27.8 cm³/mol. The fourth-order valence-electron chi connectivity index (χ4n) is 0. The molecule has 0 aromatic heterocycles. The van der Waals surface area contributed by atoms with Crippen LogP contribution in [-0.4, -0.2) is 26.5 Å². The minimum Gasteiger partial charge on any atom is -0.343 e. The van der Waals surface area contributed by atoms with Crippen molar-refractivity contribution in [1.82, 2.24) is 0 Å². The summed E-state index contributed by atoms with van der Waals surface area (Å²) in [6.07, 6.45) is 0. The maximum absolute atomic E-state index is 8.13. The van der Waals surface area contributed by atoms with Crippen LogP contribution in [0.1, 0.15) is 6.92 Å². The average molecular weight is 124 g/mol. The van der Waals surface area contributed by atoms with Crippen LogP contribution >= 0.6 is 12.6 Å². The van der Waals surface area contributed by atoms with Gasteiger partial charge >= 0.3 is 0 Å². The highest BCUT2D eigenvalue weighted by atomic mass is 32.1. The number of rotatable bonds is 1. The molecule has 0 fully saturated rings. The third-order valence-electron chi connectivity index (χ3n) is 0.561. The molecule has 0 amide bonds. The van der Waals surface area contributed by atoms with E-state index in [9.17, 15) is 0 Å². The Morgan fingerprint density at radius 1 is 1.43 bits per heavy atom. The summed E-state index contributed by atoms with van der Waals surface area (Å²) in [4.78, 5) is 0. The van der Waals surface area contributed by atoms with Gasteiger partial charge in [0.1, 0.15) is 0 Å².